The predicted molar refractivity (Wildman–Crippen MR) is 93.1 cm³/mol. The van der Waals surface area contributed by atoms with Crippen LogP contribution in [0.3, 0.4) is 0 Å². The Labute approximate surface area is 131 Å². The molecule has 2 nitrogen and oxygen atoms in total. The molecule has 1 aromatic heterocycles. The molecule has 0 aliphatic rings. The topological polar surface area (TPSA) is 22.0 Å². The molecule has 0 fully saturated rings. The molecule has 0 saturated carbocycles. The smallest absolute Gasteiger partial charge is 0.140 e. The molecule has 1 heterocycles. The van der Waals surface area contributed by atoms with Crippen LogP contribution in [-0.2, 0) is 11.3 Å². The number of para-hydroxylation sites is 2. The van der Waals surface area contributed by atoms with Crippen molar-refractivity contribution in [1.82, 2.24) is 4.57 Å². The number of nitrogens with zero attached hydrogens (tertiary/aromatic N) is 1. The first-order chi connectivity index (χ1) is 10.5. The number of carbonyl (C=O) groups excluding carboxylic acids is 1. The summed E-state index contributed by atoms with van der Waals surface area (Å²) in [6.07, 6.45) is 1.47. The van der Waals surface area contributed by atoms with Crippen LogP contribution < -0.4 is 0 Å². The first-order valence-electron chi connectivity index (χ1n) is 8.04. The van der Waals surface area contributed by atoms with Crippen LogP contribution in [0.4, 0.5) is 0 Å². The van der Waals surface area contributed by atoms with Crippen molar-refractivity contribution < 1.29 is 4.79 Å². The Balaban J connectivity index is 2.01. The minimum atomic E-state index is -0.223. The summed E-state index contributed by atoms with van der Waals surface area (Å²) in [5.74, 6) is 0.344. The number of carbonyl (C=O) groups is 1. The maximum atomic E-state index is 12.4. The van der Waals surface area contributed by atoms with Crippen molar-refractivity contribution in [1.29, 1.82) is 0 Å². The molecule has 0 N–H and O–H groups in total. The van der Waals surface area contributed by atoms with Gasteiger partial charge in [0, 0.05) is 40.2 Å². The van der Waals surface area contributed by atoms with Crippen molar-refractivity contribution in [2.24, 2.45) is 5.41 Å². The first-order valence-corrected chi connectivity index (χ1v) is 8.04. The van der Waals surface area contributed by atoms with Crippen molar-refractivity contribution in [2.45, 2.75) is 40.2 Å². The second-order valence-electron chi connectivity index (χ2n) is 6.60. The maximum absolute atomic E-state index is 12.4. The third-order valence-corrected chi connectivity index (χ3v) is 4.88. The molecule has 114 valence electrons. The fourth-order valence-electron chi connectivity index (χ4n) is 2.99. The zero-order valence-corrected chi connectivity index (χ0v) is 13.6. The van der Waals surface area contributed by atoms with Crippen LogP contribution in [0.5, 0.6) is 0 Å². The summed E-state index contributed by atoms with van der Waals surface area (Å²) in [5.41, 5.74) is 2.20. The summed E-state index contributed by atoms with van der Waals surface area (Å²) in [4.78, 5) is 12.4. The molecule has 0 saturated heterocycles. The monoisotopic (exact) mass is 293 g/mol. The van der Waals surface area contributed by atoms with E-state index in [4.69, 9.17) is 0 Å². The Morgan fingerprint density at radius 3 is 1.95 bits per heavy atom. The lowest BCUT2D eigenvalue weighted by Crippen LogP contribution is -2.24. The van der Waals surface area contributed by atoms with E-state index in [-0.39, 0.29) is 5.41 Å². The molecule has 0 aliphatic carbocycles. The van der Waals surface area contributed by atoms with Crippen molar-refractivity contribution >= 4 is 27.6 Å². The normalized spacial score (nSPS) is 12.1. The number of Topliss-reactive ketones (excluding diaryl/α,β-unsaturated/α-hetero) is 1. The Bertz CT molecular complexity index is 773. The molecule has 0 aliphatic heterocycles. The van der Waals surface area contributed by atoms with Crippen molar-refractivity contribution in [3.05, 3.63) is 48.5 Å². The fraction of sp³-hybridized carbons (Fsp3) is 0.350. The predicted octanol–water partition coefficient (Wildman–Crippen LogP) is 5.19. The summed E-state index contributed by atoms with van der Waals surface area (Å²) in [6, 6.07) is 16.9. The molecule has 0 unspecified atom stereocenters. The van der Waals surface area contributed by atoms with Gasteiger partial charge in [0.2, 0.25) is 0 Å². The number of aromatic nitrogens is 1. The van der Waals surface area contributed by atoms with Gasteiger partial charge in [-0.1, -0.05) is 57.2 Å². The Morgan fingerprint density at radius 2 is 1.45 bits per heavy atom. The largest absolute Gasteiger partial charge is 0.340 e. The van der Waals surface area contributed by atoms with E-state index in [1.54, 1.807) is 0 Å². The van der Waals surface area contributed by atoms with Crippen LogP contribution >= 0.6 is 0 Å². The quantitative estimate of drug-likeness (QED) is 0.634. The number of rotatable bonds is 5. The summed E-state index contributed by atoms with van der Waals surface area (Å²) in [6.45, 7) is 6.91. The minimum Gasteiger partial charge on any atom is -0.340 e. The van der Waals surface area contributed by atoms with Gasteiger partial charge in [-0.2, -0.15) is 0 Å². The third kappa shape index (κ3) is 2.43. The summed E-state index contributed by atoms with van der Waals surface area (Å²) >= 11 is 0. The van der Waals surface area contributed by atoms with E-state index in [0.717, 1.165) is 13.0 Å². The molecular formula is C20H23NO. The van der Waals surface area contributed by atoms with Crippen LogP contribution in [0.2, 0.25) is 0 Å². The van der Waals surface area contributed by atoms with Gasteiger partial charge < -0.3 is 4.57 Å². The molecule has 0 atom stereocenters. The van der Waals surface area contributed by atoms with Crippen LogP contribution in [-0.4, -0.2) is 10.4 Å². The van der Waals surface area contributed by atoms with E-state index in [0.29, 0.717) is 12.2 Å². The molecule has 2 heteroatoms. The number of fused-ring (bicyclic) bond motifs is 3. The van der Waals surface area contributed by atoms with Crippen LogP contribution in [0.25, 0.3) is 21.8 Å². The van der Waals surface area contributed by atoms with Gasteiger partial charge in [-0.05, 0) is 18.6 Å². The van der Waals surface area contributed by atoms with Crippen LogP contribution in [0.15, 0.2) is 48.5 Å². The summed E-state index contributed by atoms with van der Waals surface area (Å²) < 4.78 is 2.29. The summed E-state index contributed by atoms with van der Waals surface area (Å²) in [5, 5.41) is 2.53. The van der Waals surface area contributed by atoms with E-state index in [2.05, 4.69) is 60.0 Å². The Kier molecular flexibility index (Phi) is 3.78. The lowest BCUT2D eigenvalue weighted by Gasteiger charge is -2.21. The highest BCUT2D eigenvalue weighted by Gasteiger charge is 2.24. The average molecular weight is 293 g/mol. The standard InChI is InChI=1S/C20H23NO/c1-4-20(2,3)19(22)13-14-21-17-11-7-5-9-15(17)16-10-6-8-12-18(16)21/h5-12H,4,13-14H2,1-3H3. The second-order valence-corrected chi connectivity index (χ2v) is 6.60. The van der Waals surface area contributed by atoms with Crippen LogP contribution in [0, 0.1) is 5.41 Å². The lowest BCUT2D eigenvalue weighted by atomic mass is 9.84. The molecule has 0 spiro atoms. The van der Waals surface area contributed by atoms with E-state index in [1.165, 1.54) is 21.8 Å². The molecule has 3 rings (SSSR count). The van der Waals surface area contributed by atoms with Crippen molar-refractivity contribution in [2.75, 3.05) is 0 Å². The Morgan fingerprint density at radius 1 is 0.955 bits per heavy atom. The average Bonchev–Trinajstić information content (AvgIpc) is 2.87. The van der Waals surface area contributed by atoms with Crippen LogP contribution in [0.1, 0.15) is 33.6 Å². The molecule has 22 heavy (non-hydrogen) atoms. The highest BCUT2D eigenvalue weighted by Crippen LogP contribution is 2.30. The Hall–Kier alpha value is -2.09. The van der Waals surface area contributed by atoms with Crippen molar-refractivity contribution in [3.8, 4) is 0 Å². The van der Waals surface area contributed by atoms with Gasteiger partial charge in [0.25, 0.3) is 0 Å². The van der Waals surface area contributed by atoms with E-state index >= 15 is 0 Å². The molecular weight excluding hydrogens is 270 g/mol. The van der Waals surface area contributed by atoms with E-state index in [1.807, 2.05) is 13.8 Å². The lowest BCUT2D eigenvalue weighted by molar-refractivity contribution is -0.127. The minimum absolute atomic E-state index is 0.223. The molecule has 3 aromatic rings. The molecule has 0 amide bonds. The van der Waals surface area contributed by atoms with E-state index in [9.17, 15) is 4.79 Å². The fourth-order valence-corrected chi connectivity index (χ4v) is 2.99. The number of hydrogen-bond donors (Lipinski definition) is 0. The second kappa shape index (κ2) is 5.60. The van der Waals surface area contributed by atoms with Gasteiger partial charge in [-0.25, -0.2) is 0 Å². The SMILES string of the molecule is CCC(C)(C)C(=O)CCn1c2ccccc2c2ccccc21. The first kappa shape index (κ1) is 14.8. The number of ketones is 1. The molecule has 0 bridgehead atoms. The third-order valence-electron chi connectivity index (χ3n) is 4.88. The highest BCUT2D eigenvalue weighted by molar-refractivity contribution is 6.08. The van der Waals surface area contributed by atoms with Gasteiger partial charge >= 0.3 is 0 Å². The highest BCUT2D eigenvalue weighted by atomic mass is 16.1. The molecule has 2 aromatic carbocycles. The zero-order chi connectivity index (χ0) is 15.7. The van der Waals surface area contributed by atoms with Gasteiger partial charge in [-0.15, -0.1) is 0 Å². The van der Waals surface area contributed by atoms with Gasteiger partial charge in [0.15, 0.2) is 0 Å². The number of benzene rings is 2. The van der Waals surface area contributed by atoms with Gasteiger partial charge in [-0.3, -0.25) is 4.79 Å². The summed E-state index contributed by atoms with van der Waals surface area (Å²) in [7, 11) is 0. The van der Waals surface area contributed by atoms with Crippen molar-refractivity contribution in [3.63, 3.8) is 0 Å². The van der Waals surface area contributed by atoms with Gasteiger partial charge in [0.1, 0.15) is 5.78 Å². The molecule has 0 radical (unpaired) electrons. The van der Waals surface area contributed by atoms with E-state index < -0.39 is 0 Å². The maximum Gasteiger partial charge on any atom is 0.140 e. The zero-order valence-electron chi connectivity index (χ0n) is 13.6. The number of hydrogen-bond acceptors (Lipinski definition) is 1. The number of aryl methyl sites for hydroxylation is 1. The van der Waals surface area contributed by atoms with Gasteiger partial charge in [0.05, 0.1) is 0 Å².